The first-order chi connectivity index (χ1) is 8.72. The van der Waals surface area contributed by atoms with Crippen LogP contribution in [0.5, 0.6) is 0 Å². The third kappa shape index (κ3) is 3.15. The average molecular weight is 310 g/mol. The van der Waals surface area contributed by atoms with E-state index in [1.165, 1.54) is 16.7 Å². The van der Waals surface area contributed by atoms with Gasteiger partial charge >= 0.3 is 0 Å². The topological polar surface area (TPSA) is 21.3 Å². The molecule has 2 rings (SSSR count). The molecule has 0 fully saturated rings. The van der Waals surface area contributed by atoms with Crippen LogP contribution in [0.1, 0.15) is 36.9 Å². The Kier molecular flexibility index (Phi) is 4.84. The number of likely N-dealkylation sites (N-methyl/N-ethyl adjacent to an activating group) is 1. The van der Waals surface area contributed by atoms with Gasteiger partial charge < -0.3 is 10.1 Å². The predicted molar refractivity (Wildman–Crippen MR) is 78.6 cm³/mol. The van der Waals surface area contributed by atoms with E-state index in [1.54, 1.807) is 0 Å². The van der Waals surface area contributed by atoms with Crippen LogP contribution in [0.4, 0.5) is 0 Å². The smallest absolute Gasteiger partial charge is 0.0876 e. The summed E-state index contributed by atoms with van der Waals surface area (Å²) in [7, 11) is 0. The highest BCUT2D eigenvalue weighted by Crippen LogP contribution is 2.32. The monoisotopic (exact) mass is 309 g/mol. The molecule has 1 aliphatic heterocycles. The van der Waals surface area contributed by atoms with Gasteiger partial charge in [-0.15, -0.1) is 0 Å². The van der Waals surface area contributed by atoms with Crippen molar-refractivity contribution < 1.29 is 4.74 Å². The molecule has 0 aliphatic carbocycles. The first-order valence-corrected chi connectivity index (χ1v) is 7.31. The Morgan fingerprint density at radius 3 is 2.94 bits per heavy atom. The second kappa shape index (κ2) is 6.39. The molecule has 1 aliphatic rings. The van der Waals surface area contributed by atoms with Gasteiger partial charge in [0.25, 0.3) is 0 Å². The zero-order chi connectivity index (χ0) is 13.0. The summed E-state index contributed by atoms with van der Waals surface area (Å²) in [5, 5.41) is 3.56. The largest absolute Gasteiger partial charge is 0.501 e. The van der Waals surface area contributed by atoms with Crippen LogP contribution in [0, 0.1) is 6.92 Å². The lowest BCUT2D eigenvalue weighted by Crippen LogP contribution is -2.24. The predicted octanol–water partition coefficient (Wildman–Crippen LogP) is 4.10. The Balaban J connectivity index is 2.34. The van der Waals surface area contributed by atoms with Crippen molar-refractivity contribution in [1.82, 2.24) is 5.32 Å². The SMILES string of the molecule is CCNC(C1=COCCC1)c1cc(C)ccc1Br. The number of benzene rings is 1. The van der Waals surface area contributed by atoms with Crippen molar-refractivity contribution in [3.05, 3.63) is 45.6 Å². The summed E-state index contributed by atoms with van der Waals surface area (Å²) in [6.07, 6.45) is 4.15. The van der Waals surface area contributed by atoms with E-state index in [-0.39, 0.29) is 6.04 Å². The van der Waals surface area contributed by atoms with Gasteiger partial charge in [-0.25, -0.2) is 0 Å². The van der Waals surface area contributed by atoms with Crippen molar-refractivity contribution >= 4 is 15.9 Å². The fourth-order valence-electron chi connectivity index (χ4n) is 2.33. The molecule has 2 nitrogen and oxygen atoms in total. The van der Waals surface area contributed by atoms with E-state index in [0.717, 1.165) is 30.5 Å². The Morgan fingerprint density at radius 1 is 1.44 bits per heavy atom. The summed E-state index contributed by atoms with van der Waals surface area (Å²) in [5.41, 5.74) is 3.93. The number of hydrogen-bond acceptors (Lipinski definition) is 2. The van der Waals surface area contributed by atoms with Crippen molar-refractivity contribution in [3.8, 4) is 0 Å². The fraction of sp³-hybridized carbons (Fsp3) is 0.467. The lowest BCUT2D eigenvalue weighted by Gasteiger charge is -2.25. The fourth-order valence-corrected chi connectivity index (χ4v) is 2.80. The molecule has 1 atom stereocenters. The lowest BCUT2D eigenvalue weighted by molar-refractivity contribution is 0.219. The molecule has 1 N–H and O–H groups in total. The van der Waals surface area contributed by atoms with Crippen LogP contribution in [-0.4, -0.2) is 13.2 Å². The van der Waals surface area contributed by atoms with Gasteiger partial charge in [0.2, 0.25) is 0 Å². The first-order valence-electron chi connectivity index (χ1n) is 6.52. The molecule has 1 heterocycles. The van der Waals surface area contributed by atoms with Crippen molar-refractivity contribution in [2.45, 2.75) is 32.7 Å². The number of halogens is 1. The molecular formula is C15H20BrNO. The number of nitrogens with one attached hydrogen (secondary N) is 1. The highest BCUT2D eigenvalue weighted by molar-refractivity contribution is 9.10. The van der Waals surface area contributed by atoms with E-state index in [9.17, 15) is 0 Å². The van der Waals surface area contributed by atoms with Gasteiger partial charge in [-0.2, -0.15) is 0 Å². The third-order valence-electron chi connectivity index (χ3n) is 3.20. The molecular weight excluding hydrogens is 290 g/mol. The van der Waals surface area contributed by atoms with E-state index in [2.05, 4.69) is 53.3 Å². The molecule has 1 aromatic rings. The lowest BCUT2D eigenvalue weighted by atomic mass is 9.94. The van der Waals surface area contributed by atoms with Gasteiger partial charge in [0, 0.05) is 4.47 Å². The Morgan fingerprint density at radius 2 is 2.28 bits per heavy atom. The van der Waals surface area contributed by atoms with Gasteiger partial charge in [-0.05, 0) is 43.5 Å². The van der Waals surface area contributed by atoms with E-state index in [0.29, 0.717) is 0 Å². The molecule has 0 radical (unpaired) electrons. The molecule has 1 unspecified atom stereocenters. The van der Waals surface area contributed by atoms with Gasteiger partial charge in [0.05, 0.1) is 18.9 Å². The zero-order valence-corrected chi connectivity index (χ0v) is 12.6. The molecule has 0 spiro atoms. The van der Waals surface area contributed by atoms with E-state index in [4.69, 9.17) is 4.74 Å². The molecule has 0 amide bonds. The summed E-state index contributed by atoms with van der Waals surface area (Å²) in [5.74, 6) is 0. The minimum absolute atomic E-state index is 0.254. The third-order valence-corrected chi connectivity index (χ3v) is 3.93. The molecule has 0 saturated heterocycles. The minimum Gasteiger partial charge on any atom is -0.501 e. The summed E-state index contributed by atoms with van der Waals surface area (Å²) in [4.78, 5) is 0. The Bertz CT molecular complexity index is 442. The maximum absolute atomic E-state index is 5.48. The maximum atomic E-state index is 5.48. The molecule has 98 valence electrons. The van der Waals surface area contributed by atoms with Crippen LogP contribution in [-0.2, 0) is 4.74 Å². The molecule has 3 heteroatoms. The summed E-state index contributed by atoms with van der Waals surface area (Å²) in [6.45, 7) is 6.06. The maximum Gasteiger partial charge on any atom is 0.0876 e. The molecule has 0 aromatic heterocycles. The molecule has 18 heavy (non-hydrogen) atoms. The standard InChI is InChI=1S/C15H20BrNO/c1-3-17-15(12-5-4-8-18-10-12)13-9-11(2)6-7-14(13)16/h6-7,9-10,15,17H,3-5,8H2,1-2H3. The zero-order valence-electron chi connectivity index (χ0n) is 11.0. The molecule has 1 aromatic carbocycles. The molecule has 0 bridgehead atoms. The van der Waals surface area contributed by atoms with Crippen LogP contribution >= 0.6 is 15.9 Å². The summed E-state index contributed by atoms with van der Waals surface area (Å²) >= 11 is 3.66. The van der Waals surface area contributed by atoms with E-state index in [1.807, 2.05) is 6.26 Å². The summed E-state index contributed by atoms with van der Waals surface area (Å²) in [6, 6.07) is 6.75. The Labute approximate surface area is 118 Å². The second-order valence-electron chi connectivity index (χ2n) is 4.68. The highest BCUT2D eigenvalue weighted by atomic mass is 79.9. The quantitative estimate of drug-likeness (QED) is 0.904. The van der Waals surface area contributed by atoms with Crippen LogP contribution in [0.2, 0.25) is 0 Å². The number of ether oxygens (including phenoxy) is 1. The van der Waals surface area contributed by atoms with Crippen LogP contribution in [0.15, 0.2) is 34.5 Å². The normalized spacial score (nSPS) is 16.9. The van der Waals surface area contributed by atoms with Crippen molar-refractivity contribution in [2.24, 2.45) is 0 Å². The van der Waals surface area contributed by atoms with E-state index >= 15 is 0 Å². The number of aryl methyl sites for hydroxylation is 1. The average Bonchev–Trinajstić information content (AvgIpc) is 2.40. The van der Waals surface area contributed by atoms with Crippen molar-refractivity contribution in [2.75, 3.05) is 13.2 Å². The van der Waals surface area contributed by atoms with E-state index < -0.39 is 0 Å². The highest BCUT2D eigenvalue weighted by Gasteiger charge is 2.20. The molecule has 0 saturated carbocycles. The van der Waals surface area contributed by atoms with Gasteiger partial charge in [-0.1, -0.05) is 40.5 Å². The number of rotatable bonds is 4. The van der Waals surface area contributed by atoms with Crippen molar-refractivity contribution in [3.63, 3.8) is 0 Å². The van der Waals surface area contributed by atoms with Gasteiger partial charge in [-0.3, -0.25) is 0 Å². The van der Waals surface area contributed by atoms with Gasteiger partial charge in [0.1, 0.15) is 0 Å². The minimum atomic E-state index is 0.254. The second-order valence-corrected chi connectivity index (χ2v) is 5.54. The number of hydrogen-bond donors (Lipinski definition) is 1. The van der Waals surface area contributed by atoms with Gasteiger partial charge in [0.15, 0.2) is 0 Å². The van der Waals surface area contributed by atoms with Crippen LogP contribution < -0.4 is 5.32 Å². The Hall–Kier alpha value is -0.800. The first kappa shape index (κ1) is 13.6. The van der Waals surface area contributed by atoms with Crippen molar-refractivity contribution in [1.29, 1.82) is 0 Å². The summed E-state index contributed by atoms with van der Waals surface area (Å²) < 4.78 is 6.64. The van der Waals surface area contributed by atoms with Crippen LogP contribution in [0.25, 0.3) is 0 Å². The van der Waals surface area contributed by atoms with Crippen LogP contribution in [0.3, 0.4) is 0 Å².